The first kappa shape index (κ1) is 16.8. The first-order chi connectivity index (χ1) is 8.68. The average molecular weight is 278 g/mol. The van der Waals surface area contributed by atoms with Gasteiger partial charge in [-0.1, -0.05) is 20.8 Å². The predicted octanol–water partition coefficient (Wildman–Crippen LogP) is 1.96. The van der Waals surface area contributed by atoms with Crippen molar-refractivity contribution in [1.82, 2.24) is 10.2 Å². The van der Waals surface area contributed by atoms with Crippen LogP contribution in [0.25, 0.3) is 0 Å². The Labute approximate surface area is 115 Å². The third-order valence-electron chi connectivity index (χ3n) is 3.84. The number of aliphatic hydroxyl groups is 1. The molecule has 1 fully saturated rings. The predicted molar refractivity (Wildman–Crippen MR) is 73.5 cm³/mol. The van der Waals surface area contributed by atoms with Crippen molar-refractivity contribution in [3.05, 3.63) is 0 Å². The minimum absolute atomic E-state index is 0.102. The number of nitrogens with zero attached hydrogens (tertiary/aromatic N) is 1. The molecule has 1 aliphatic rings. The first-order valence-electron chi connectivity index (χ1n) is 7.06. The zero-order chi connectivity index (χ0) is 14.6. The van der Waals surface area contributed by atoms with Gasteiger partial charge in [0.05, 0.1) is 12.6 Å². The summed E-state index contributed by atoms with van der Waals surface area (Å²) < 4.78 is 24.5. The van der Waals surface area contributed by atoms with Crippen molar-refractivity contribution in [3.63, 3.8) is 0 Å². The van der Waals surface area contributed by atoms with E-state index in [9.17, 15) is 13.9 Å². The molecule has 0 radical (unpaired) electrons. The lowest BCUT2D eigenvalue weighted by molar-refractivity contribution is 0.0241. The second-order valence-corrected chi connectivity index (χ2v) is 6.94. The van der Waals surface area contributed by atoms with E-state index in [0.29, 0.717) is 5.92 Å². The second kappa shape index (κ2) is 6.95. The summed E-state index contributed by atoms with van der Waals surface area (Å²) in [6, 6.07) is 0.102. The molecule has 1 rings (SSSR count). The molecule has 0 spiro atoms. The quantitative estimate of drug-likeness (QED) is 0.807. The van der Waals surface area contributed by atoms with Crippen molar-refractivity contribution in [3.8, 4) is 0 Å². The van der Waals surface area contributed by atoms with Gasteiger partial charge in [0.1, 0.15) is 0 Å². The summed E-state index contributed by atoms with van der Waals surface area (Å²) in [5.41, 5.74) is -0.123. The molecule has 0 aromatic rings. The van der Waals surface area contributed by atoms with Crippen LogP contribution in [-0.4, -0.2) is 55.3 Å². The molecule has 1 saturated heterocycles. The molecule has 0 amide bonds. The summed E-state index contributed by atoms with van der Waals surface area (Å²) in [5, 5.41) is 13.1. The van der Waals surface area contributed by atoms with Crippen molar-refractivity contribution < 1.29 is 13.9 Å². The second-order valence-electron chi connectivity index (χ2n) is 6.94. The molecule has 0 aliphatic carbocycles. The fourth-order valence-electron chi connectivity index (χ4n) is 2.69. The molecule has 5 heteroatoms. The van der Waals surface area contributed by atoms with E-state index in [4.69, 9.17) is 0 Å². The maximum absolute atomic E-state index is 12.2. The molecular weight excluding hydrogens is 250 g/mol. The standard InChI is InChI=1S/C14H28F2N2O/c1-14(2,3)12(19)6-10-5-11(9-18(4)8-10)17-7-13(15)16/h10-13,17,19H,5-9H2,1-4H3. The minimum atomic E-state index is -2.30. The number of likely N-dealkylation sites (tertiary alicyclic amines) is 1. The van der Waals surface area contributed by atoms with E-state index < -0.39 is 6.43 Å². The molecule has 2 N–H and O–H groups in total. The van der Waals surface area contributed by atoms with Gasteiger partial charge in [-0.3, -0.25) is 0 Å². The number of alkyl halides is 2. The zero-order valence-electron chi connectivity index (χ0n) is 12.5. The third-order valence-corrected chi connectivity index (χ3v) is 3.84. The van der Waals surface area contributed by atoms with Crippen molar-refractivity contribution in [2.24, 2.45) is 11.3 Å². The van der Waals surface area contributed by atoms with Gasteiger partial charge in [0.2, 0.25) is 0 Å². The van der Waals surface area contributed by atoms with Crippen LogP contribution in [0.4, 0.5) is 8.78 Å². The molecular formula is C14H28F2N2O. The van der Waals surface area contributed by atoms with Crippen LogP contribution in [-0.2, 0) is 0 Å². The topological polar surface area (TPSA) is 35.5 Å². The summed E-state index contributed by atoms with van der Waals surface area (Å²) in [5.74, 6) is 0.364. The molecule has 3 atom stereocenters. The number of rotatable bonds is 5. The van der Waals surface area contributed by atoms with Crippen LogP contribution in [0.5, 0.6) is 0 Å². The normalized spacial score (nSPS) is 27.8. The molecule has 1 heterocycles. The van der Waals surface area contributed by atoms with Gasteiger partial charge in [0.15, 0.2) is 0 Å². The first-order valence-corrected chi connectivity index (χ1v) is 7.06. The van der Waals surface area contributed by atoms with Crippen molar-refractivity contribution in [2.45, 2.75) is 52.2 Å². The lowest BCUT2D eigenvalue weighted by atomic mass is 9.80. The maximum atomic E-state index is 12.2. The third kappa shape index (κ3) is 6.15. The Morgan fingerprint density at radius 2 is 1.95 bits per heavy atom. The number of halogens is 2. The van der Waals surface area contributed by atoms with E-state index in [0.717, 1.165) is 25.9 Å². The van der Waals surface area contributed by atoms with E-state index in [2.05, 4.69) is 10.2 Å². The molecule has 0 aromatic carbocycles. The molecule has 114 valence electrons. The van der Waals surface area contributed by atoms with E-state index >= 15 is 0 Å². The summed E-state index contributed by atoms with van der Waals surface area (Å²) in [6.07, 6.45) is -1.05. The molecule has 1 aliphatic heterocycles. The van der Waals surface area contributed by atoms with Gasteiger partial charge in [0, 0.05) is 19.1 Å². The summed E-state index contributed by atoms with van der Waals surface area (Å²) in [4.78, 5) is 2.16. The van der Waals surface area contributed by atoms with Crippen LogP contribution >= 0.6 is 0 Å². The summed E-state index contributed by atoms with van der Waals surface area (Å²) in [6.45, 7) is 7.56. The van der Waals surface area contributed by atoms with Crippen molar-refractivity contribution >= 4 is 0 Å². The van der Waals surface area contributed by atoms with Gasteiger partial charge < -0.3 is 15.3 Å². The van der Waals surface area contributed by atoms with Gasteiger partial charge in [-0.2, -0.15) is 0 Å². The van der Waals surface area contributed by atoms with E-state index in [1.807, 2.05) is 27.8 Å². The number of nitrogens with one attached hydrogen (secondary N) is 1. The average Bonchev–Trinajstić information content (AvgIpc) is 2.24. The number of likely N-dealkylation sites (N-methyl/N-ethyl adjacent to an activating group) is 1. The van der Waals surface area contributed by atoms with E-state index in [-0.39, 0.29) is 24.1 Å². The Bertz CT molecular complexity index is 269. The molecule has 0 aromatic heterocycles. The Morgan fingerprint density at radius 3 is 2.47 bits per heavy atom. The van der Waals surface area contributed by atoms with Gasteiger partial charge >= 0.3 is 0 Å². The summed E-state index contributed by atoms with van der Waals surface area (Å²) >= 11 is 0. The number of hydrogen-bond donors (Lipinski definition) is 2. The monoisotopic (exact) mass is 278 g/mol. The van der Waals surface area contributed by atoms with Gasteiger partial charge in [-0.15, -0.1) is 0 Å². The SMILES string of the molecule is CN1CC(CC(O)C(C)(C)C)CC(NCC(F)F)C1. The fraction of sp³-hybridized carbons (Fsp3) is 1.00. The Balaban J connectivity index is 2.46. The molecule has 3 nitrogen and oxygen atoms in total. The fourth-order valence-corrected chi connectivity index (χ4v) is 2.69. The van der Waals surface area contributed by atoms with E-state index in [1.54, 1.807) is 0 Å². The van der Waals surface area contributed by atoms with Crippen LogP contribution < -0.4 is 5.32 Å². The van der Waals surface area contributed by atoms with E-state index in [1.165, 1.54) is 0 Å². The Morgan fingerprint density at radius 1 is 1.32 bits per heavy atom. The van der Waals surface area contributed by atoms with Gasteiger partial charge in [-0.25, -0.2) is 8.78 Å². The molecule has 3 unspecified atom stereocenters. The van der Waals surface area contributed by atoms with Crippen LogP contribution in [0, 0.1) is 11.3 Å². The highest BCUT2D eigenvalue weighted by atomic mass is 19.3. The number of hydrogen-bond acceptors (Lipinski definition) is 3. The summed E-state index contributed by atoms with van der Waals surface area (Å²) in [7, 11) is 2.01. The maximum Gasteiger partial charge on any atom is 0.250 e. The smallest absolute Gasteiger partial charge is 0.250 e. The van der Waals surface area contributed by atoms with Crippen LogP contribution in [0.3, 0.4) is 0 Å². The lowest BCUT2D eigenvalue weighted by Gasteiger charge is -2.38. The highest BCUT2D eigenvalue weighted by Gasteiger charge is 2.30. The number of piperidine rings is 1. The zero-order valence-corrected chi connectivity index (χ0v) is 12.5. The molecule has 0 saturated carbocycles. The van der Waals surface area contributed by atoms with Crippen molar-refractivity contribution in [2.75, 3.05) is 26.7 Å². The minimum Gasteiger partial charge on any atom is -0.393 e. The van der Waals surface area contributed by atoms with Gasteiger partial charge in [-0.05, 0) is 31.2 Å². The highest BCUT2D eigenvalue weighted by molar-refractivity contribution is 4.85. The van der Waals surface area contributed by atoms with Crippen LogP contribution in [0.2, 0.25) is 0 Å². The van der Waals surface area contributed by atoms with Crippen LogP contribution in [0.15, 0.2) is 0 Å². The number of aliphatic hydroxyl groups excluding tert-OH is 1. The van der Waals surface area contributed by atoms with Crippen molar-refractivity contribution in [1.29, 1.82) is 0 Å². The molecule has 0 bridgehead atoms. The Hall–Kier alpha value is -0.260. The largest absolute Gasteiger partial charge is 0.393 e. The molecule has 19 heavy (non-hydrogen) atoms. The van der Waals surface area contributed by atoms with Crippen LogP contribution in [0.1, 0.15) is 33.6 Å². The van der Waals surface area contributed by atoms with Gasteiger partial charge in [0.25, 0.3) is 6.43 Å². The Kier molecular flexibility index (Phi) is 6.15. The highest BCUT2D eigenvalue weighted by Crippen LogP contribution is 2.28. The lowest BCUT2D eigenvalue weighted by Crippen LogP contribution is -2.49.